The Morgan fingerprint density at radius 3 is 2.25 bits per heavy atom. The Bertz CT molecular complexity index is 456. The topological polar surface area (TPSA) is 51.0 Å². The highest BCUT2D eigenvalue weighted by Gasteiger charge is 2.51. The molecule has 4 nitrogen and oxygen atoms in total. The van der Waals surface area contributed by atoms with Crippen molar-refractivity contribution in [3.05, 3.63) is 11.8 Å². The summed E-state index contributed by atoms with van der Waals surface area (Å²) < 4.78 is 5.86. The van der Waals surface area contributed by atoms with Crippen molar-refractivity contribution >= 4 is 0 Å². The van der Waals surface area contributed by atoms with Crippen LogP contribution in [-0.2, 0) is 6.42 Å². The summed E-state index contributed by atoms with van der Waals surface area (Å²) in [5.41, 5.74) is 0. The van der Waals surface area contributed by atoms with Crippen molar-refractivity contribution < 1.29 is 4.42 Å². The second-order valence-corrected chi connectivity index (χ2v) is 7.16. The van der Waals surface area contributed by atoms with Crippen LogP contribution in [0.25, 0.3) is 0 Å². The van der Waals surface area contributed by atoms with E-state index in [1.807, 2.05) is 7.05 Å². The van der Waals surface area contributed by atoms with Crippen LogP contribution in [0.15, 0.2) is 4.42 Å². The molecule has 0 saturated heterocycles. The maximum Gasteiger partial charge on any atom is 0.233 e. The lowest BCUT2D eigenvalue weighted by atomic mass is 9.50. The van der Waals surface area contributed by atoms with Gasteiger partial charge in [0.15, 0.2) is 0 Å². The molecule has 0 amide bonds. The van der Waals surface area contributed by atoms with E-state index in [0.717, 1.165) is 41.9 Å². The highest BCUT2D eigenvalue weighted by Crippen LogP contribution is 2.59. The average Bonchev–Trinajstić information content (AvgIpc) is 2.90. The predicted molar refractivity (Wildman–Crippen MR) is 76.0 cm³/mol. The summed E-state index contributed by atoms with van der Waals surface area (Å²) in [6.07, 6.45) is 8.07. The Labute approximate surface area is 120 Å². The molecule has 0 spiro atoms. The van der Waals surface area contributed by atoms with Gasteiger partial charge in [-0.15, -0.1) is 10.2 Å². The van der Waals surface area contributed by atoms with Crippen molar-refractivity contribution in [2.24, 2.45) is 29.6 Å². The maximum atomic E-state index is 5.86. The number of hydrogen-bond donors (Lipinski definition) is 1. The van der Waals surface area contributed by atoms with E-state index < -0.39 is 0 Å². The lowest BCUT2D eigenvalue weighted by molar-refractivity contribution is -0.0551. The van der Waals surface area contributed by atoms with E-state index in [4.69, 9.17) is 4.42 Å². The minimum absolute atomic E-state index is 0.262. The van der Waals surface area contributed by atoms with Crippen LogP contribution in [0.3, 0.4) is 0 Å². The molecule has 4 aliphatic carbocycles. The van der Waals surface area contributed by atoms with Gasteiger partial charge in [-0.2, -0.15) is 0 Å². The molecule has 4 fully saturated rings. The molecule has 1 aromatic rings. The van der Waals surface area contributed by atoms with E-state index >= 15 is 0 Å². The molecule has 20 heavy (non-hydrogen) atoms. The standard InChI is InChI=1S/C16H25N3O/c1-3-13-18-19-16(20-13)15(17-2)14-11-5-9-4-10(7-11)8-12(14)6-9/h9-12,14-15,17H,3-8H2,1-2H3. The van der Waals surface area contributed by atoms with Crippen LogP contribution < -0.4 is 5.32 Å². The zero-order chi connectivity index (χ0) is 13.7. The molecule has 1 N–H and O–H groups in total. The third-order valence-electron chi connectivity index (χ3n) is 6.05. The average molecular weight is 275 g/mol. The summed E-state index contributed by atoms with van der Waals surface area (Å²) in [7, 11) is 2.05. The Kier molecular flexibility index (Phi) is 3.09. The van der Waals surface area contributed by atoms with Crippen LogP contribution in [-0.4, -0.2) is 17.2 Å². The van der Waals surface area contributed by atoms with E-state index in [0.29, 0.717) is 5.92 Å². The first kappa shape index (κ1) is 12.8. The van der Waals surface area contributed by atoms with E-state index in [1.165, 1.54) is 32.1 Å². The summed E-state index contributed by atoms with van der Waals surface area (Å²) in [5.74, 6) is 6.07. The van der Waals surface area contributed by atoms with Crippen LogP contribution in [0.1, 0.15) is 56.9 Å². The number of aryl methyl sites for hydroxylation is 1. The van der Waals surface area contributed by atoms with Gasteiger partial charge in [0.2, 0.25) is 11.8 Å². The first-order chi connectivity index (χ1) is 9.78. The highest BCUT2D eigenvalue weighted by molar-refractivity contribution is 5.05. The number of hydrogen-bond acceptors (Lipinski definition) is 4. The second-order valence-electron chi connectivity index (χ2n) is 7.16. The van der Waals surface area contributed by atoms with Gasteiger partial charge in [-0.1, -0.05) is 6.92 Å². The van der Waals surface area contributed by atoms with E-state index in [-0.39, 0.29) is 6.04 Å². The number of nitrogens with zero attached hydrogens (tertiary/aromatic N) is 2. The molecule has 4 aliphatic rings. The van der Waals surface area contributed by atoms with E-state index in [2.05, 4.69) is 22.4 Å². The highest BCUT2D eigenvalue weighted by atomic mass is 16.4. The van der Waals surface area contributed by atoms with Crippen LogP contribution in [0.4, 0.5) is 0 Å². The number of rotatable bonds is 4. The summed E-state index contributed by atoms with van der Waals surface area (Å²) in [4.78, 5) is 0. The Morgan fingerprint density at radius 2 is 1.75 bits per heavy atom. The fourth-order valence-corrected chi connectivity index (χ4v) is 5.53. The van der Waals surface area contributed by atoms with Gasteiger partial charge in [-0.25, -0.2) is 0 Å². The van der Waals surface area contributed by atoms with Crippen LogP contribution in [0.2, 0.25) is 0 Å². The smallest absolute Gasteiger partial charge is 0.233 e. The minimum atomic E-state index is 0.262. The minimum Gasteiger partial charge on any atom is -0.424 e. The van der Waals surface area contributed by atoms with Crippen molar-refractivity contribution in [1.82, 2.24) is 15.5 Å². The fourth-order valence-electron chi connectivity index (χ4n) is 5.53. The molecule has 5 rings (SSSR count). The molecule has 0 aromatic carbocycles. The van der Waals surface area contributed by atoms with Gasteiger partial charge in [0.1, 0.15) is 0 Å². The molecule has 4 bridgehead atoms. The zero-order valence-corrected chi connectivity index (χ0v) is 12.5. The van der Waals surface area contributed by atoms with Crippen LogP contribution >= 0.6 is 0 Å². The number of nitrogens with one attached hydrogen (secondary N) is 1. The molecular weight excluding hydrogens is 250 g/mol. The normalized spacial score (nSPS) is 40.2. The van der Waals surface area contributed by atoms with Gasteiger partial charge in [0.05, 0.1) is 6.04 Å². The van der Waals surface area contributed by atoms with Crippen molar-refractivity contribution in [3.63, 3.8) is 0 Å². The van der Waals surface area contributed by atoms with Gasteiger partial charge >= 0.3 is 0 Å². The van der Waals surface area contributed by atoms with Crippen LogP contribution in [0.5, 0.6) is 0 Å². The quantitative estimate of drug-likeness (QED) is 0.918. The van der Waals surface area contributed by atoms with Gasteiger partial charge in [-0.3, -0.25) is 0 Å². The first-order valence-electron chi connectivity index (χ1n) is 8.28. The second kappa shape index (κ2) is 4.83. The molecule has 1 heterocycles. The predicted octanol–water partition coefficient (Wildman–Crippen LogP) is 2.96. The third kappa shape index (κ3) is 1.92. The summed E-state index contributed by atoms with van der Waals surface area (Å²) in [5, 5.41) is 12.0. The van der Waals surface area contributed by atoms with Crippen LogP contribution in [0, 0.1) is 29.6 Å². The summed E-state index contributed by atoms with van der Waals surface area (Å²) in [6.45, 7) is 2.06. The summed E-state index contributed by atoms with van der Waals surface area (Å²) in [6, 6.07) is 0.262. The monoisotopic (exact) mass is 275 g/mol. The molecule has 110 valence electrons. The molecule has 4 heteroatoms. The molecule has 1 unspecified atom stereocenters. The lowest BCUT2D eigenvalue weighted by Gasteiger charge is -2.55. The van der Waals surface area contributed by atoms with E-state index in [9.17, 15) is 0 Å². The lowest BCUT2D eigenvalue weighted by Crippen LogP contribution is -2.49. The summed E-state index contributed by atoms with van der Waals surface area (Å²) >= 11 is 0. The maximum absolute atomic E-state index is 5.86. The molecule has 4 saturated carbocycles. The van der Waals surface area contributed by atoms with Crippen molar-refractivity contribution in [3.8, 4) is 0 Å². The SMILES string of the molecule is CCc1nnc(C(NC)C2C3CC4CC(C3)CC2C4)o1. The molecule has 0 aliphatic heterocycles. The van der Waals surface area contributed by atoms with Gasteiger partial charge in [-0.05, 0) is 68.7 Å². The molecular formula is C16H25N3O. The Morgan fingerprint density at radius 1 is 1.10 bits per heavy atom. The van der Waals surface area contributed by atoms with Gasteiger partial charge < -0.3 is 9.73 Å². The van der Waals surface area contributed by atoms with Crippen molar-refractivity contribution in [2.75, 3.05) is 7.05 Å². The van der Waals surface area contributed by atoms with Gasteiger partial charge in [0, 0.05) is 6.42 Å². The Balaban J connectivity index is 1.61. The first-order valence-corrected chi connectivity index (χ1v) is 8.28. The number of aromatic nitrogens is 2. The molecule has 1 atom stereocenters. The van der Waals surface area contributed by atoms with Gasteiger partial charge in [0.25, 0.3) is 0 Å². The fraction of sp³-hybridized carbons (Fsp3) is 0.875. The molecule has 0 radical (unpaired) electrons. The Hall–Kier alpha value is -0.900. The largest absolute Gasteiger partial charge is 0.424 e. The molecule has 1 aromatic heterocycles. The van der Waals surface area contributed by atoms with Crippen molar-refractivity contribution in [1.29, 1.82) is 0 Å². The zero-order valence-electron chi connectivity index (χ0n) is 12.5. The third-order valence-corrected chi connectivity index (χ3v) is 6.05. The van der Waals surface area contributed by atoms with E-state index in [1.54, 1.807) is 0 Å². The van der Waals surface area contributed by atoms with Crippen molar-refractivity contribution in [2.45, 2.75) is 51.5 Å².